The highest BCUT2D eigenvalue weighted by atomic mass is 35.5. The summed E-state index contributed by atoms with van der Waals surface area (Å²) in [5.41, 5.74) is 11.5. The maximum absolute atomic E-state index is 12.6. The Bertz CT molecular complexity index is 633. The SMILES string of the molecule is NCc1ccc(S(=O)(=O)N2CCCC2C(N)=O)c(Cl)c1. The molecule has 0 aromatic heterocycles. The summed E-state index contributed by atoms with van der Waals surface area (Å²) in [4.78, 5) is 11.3. The van der Waals surface area contributed by atoms with Gasteiger partial charge in [-0.05, 0) is 30.5 Å². The van der Waals surface area contributed by atoms with E-state index in [9.17, 15) is 13.2 Å². The number of carbonyl (C=O) groups excluding carboxylic acids is 1. The number of benzene rings is 1. The summed E-state index contributed by atoms with van der Waals surface area (Å²) >= 11 is 6.02. The largest absolute Gasteiger partial charge is 0.368 e. The monoisotopic (exact) mass is 317 g/mol. The van der Waals surface area contributed by atoms with Crippen molar-refractivity contribution >= 4 is 27.5 Å². The quantitative estimate of drug-likeness (QED) is 0.840. The van der Waals surface area contributed by atoms with Gasteiger partial charge in [0, 0.05) is 13.1 Å². The Morgan fingerprint density at radius 3 is 2.70 bits per heavy atom. The molecular formula is C12H16ClN3O3S. The van der Waals surface area contributed by atoms with Crippen LogP contribution in [0.4, 0.5) is 0 Å². The van der Waals surface area contributed by atoms with E-state index in [-0.39, 0.29) is 23.0 Å². The third kappa shape index (κ3) is 2.67. The third-order valence-corrected chi connectivity index (χ3v) is 5.74. The van der Waals surface area contributed by atoms with E-state index in [0.29, 0.717) is 12.8 Å². The van der Waals surface area contributed by atoms with Crippen LogP contribution in [-0.2, 0) is 21.4 Å². The zero-order valence-electron chi connectivity index (χ0n) is 10.8. The van der Waals surface area contributed by atoms with Crippen molar-refractivity contribution in [1.29, 1.82) is 0 Å². The van der Waals surface area contributed by atoms with Crippen LogP contribution < -0.4 is 11.5 Å². The van der Waals surface area contributed by atoms with E-state index in [4.69, 9.17) is 23.1 Å². The molecule has 0 radical (unpaired) electrons. The van der Waals surface area contributed by atoms with Crippen molar-refractivity contribution in [2.45, 2.75) is 30.3 Å². The molecule has 1 saturated heterocycles. The van der Waals surface area contributed by atoms with Crippen LogP contribution in [0.2, 0.25) is 5.02 Å². The molecule has 1 aliphatic rings. The van der Waals surface area contributed by atoms with E-state index < -0.39 is 22.0 Å². The second-order valence-corrected chi connectivity index (χ2v) is 6.91. The van der Waals surface area contributed by atoms with Crippen LogP contribution in [0.25, 0.3) is 0 Å². The molecule has 1 heterocycles. The van der Waals surface area contributed by atoms with Gasteiger partial charge in [0.1, 0.15) is 10.9 Å². The van der Waals surface area contributed by atoms with Gasteiger partial charge in [0.2, 0.25) is 15.9 Å². The first kappa shape index (κ1) is 15.2. The summed E-state index contributed by atoms with van der Waals surface area (Å²) in [6, 6.07) is 3.74. The Morgan fingerprint density at radius 2 is 2.15 bits per heavy atom. The van der Waals surface area contributed by atoms with Gasteiger partial charge in [0.05, 0.1) is 5.02 Å². The number of nitrogens with two attached hydrogens (primary N) is 2. The number of carbonyl (C=O) groups is 1. The Balaban J connectivity index is 2.42. The number of rotatable bonds is 4. The summed E-state index contributed by atoms with van der Waals surface area (Å²) in [5, 5.41) is 0.100. The van der Waals surface area contributed by atoms with Gasteiger partial charge in [-0.2, -0.15) is 4.31 Å². The smallest absolute Gasteiger partial charge is 0.245 e. The van der Waals surface area contributed by atoms with Crippen LogP contribution in [0, 0.1) is 0 Å². The molecule has 6 nitrogen and oxygen atoms in total. The van der Waals surface area contributed by atoms with E-state index in [1.165, 1.54) is 12.1 Å². The van der Waals surface area contributed by atoms with Crippen LogP contribution in [0.3, 0.4) is 0 Å². The van der Waals surface area contributed by atoms with Gasteiger partial charge in [0.15, 0.2) is 0 Å². The maximum atomic E-state index is 12.6. The zero-order chi connectivity index (χ0) is 14.9. The van der Waals surface area contributed by atoms with Crippen molar-refractivity contribution in [3.8, 4) is 0 Å². The molecule has 1 aromatic carbocycles. The predicted molar refractivity (Wildman–Crippen MR) is 75.5 cm³/mol. The van der Waals surface area contributed by atoms with E-state index in [2.05, 4.69) is 0 Å². The highest BCUT2D eigenvalue weighted by Gasteiger charge is 2.39. The fraction of sp³-hybridized carbons (Fsp3) is 0.417. The molecule has 1 unspecified atom stereocenters. The third-order valence-electron chi connectivity index (χ3n) is 3.35. The average molecular weight is 318 g/mol. The first-order valence-electron chi connectivity index (χ1n) is 6.17. The first-order valence-corrected chi connectivity index (χ1v) is 7.99. The van der Waals surface area contributed by atoms with Crippen LogP contribution in [0.15, 0.2) is 23.1 Å². The Hall–Kier alpha value is -1.15. The van der Waals surface area contributed by atoms with Gasteiger partial charge >= 0.3 is 0 Å². The number of sulfonamides is 1. The molecule has 0 saturated carbocycles. The second kappa shape index (κ2) is 5.69. The Morgan fingerprint density at radius 1 is 1.45 bits per heavy atom. The number of nitrogens with zero attached hydrogens (tertiary/aromatic N) is 1. The van der Waals surface area contributed by atoms with Crippen LogP contribution in [0.1, 0.15) is 18.4 Å². The van der Waals surface area contributed by atoms with Crippen molar-refractivity contribution < 1.29 is 13.2 Å². The molecular weight excluding hydrogens is 302 g/mol. The zero-order valence-corrected chi connectivity index (χ0v) is 12.3. The summed E-state index contributed by atoms with van der Waals surface area (Å²) in [5.74, 6) is -0.638. The van der Waals surface area contributed by atoms with Crippen molar-refractivity contribution in [2.24, 2.45) is 11.5 Å². The van der Waals surface area contributed by atoms with Crippen molar-refractivity contribution in [3.05, 3.63) is 28.8 Å². The lowest BCUT2D eigenvalue weighted by molar-refractivity contribution is -0.121. The van der Waals surface area contributed by atoms with Crippen molar-refractivity contribution in [2.75, 3.05) is 6.54 Å². The number of hydrogen-bond donors (Lipinski definition) is 2. The van der Waals surface area contributed by atoms with Gasteiger partial charge in [-0.15, -0.1) is 0 Å². The molecule has 0 aliphatic carbocycles. The molecule has 0 spiro atoms. The molecule has 1 aromatic rings. The summed E-state index contributed by atoms with van der Waals surface area (Å²) in [7, 11) is -3.83. The van der Waals surface area contributed by atoms with Crippen LogP contribution in [-0.4, -0.2) is 31.2 Å². The lowest BCUT2D eigenvalue weighted by Gasteiger charge is -2.22. The Labute approximate surface area is 122 Å². The number of hydrogen-bond acceptors (Lipinski definition) is 4. The van der Waals surface area contributed by atoms with Gasteiger partial charge in [0.25, 0.3) is 0 Å². The normalized spacial score (nSPS) is 20.2. The molecule has 110 valence electrons. The molecule has 20 heavy (non-hydrogen) atoms. The molecule has 1 atom stereocenters. The van der Waals surface area contributed by atoms with Crippen molar-refractivity contribution in [1.82, 2.24) is 4.31 Å². The molecule has 1 fully saturated rings. The molecule has 1 amide bonds. The van der Waals surface area contributed by atoms with E-state index >= 15 is 0 Å². The van der Waals surface area contributed by atoms with Gasteiger partial charge in [-0.25, -0.2) is 8.42 Å². The topological polar surface area (TPSA) is 106 Å². The standard InChI is InChI=1S/C12H16ClN3O3S/c13-9-6-8(7-14)3-4-11(9)20(18,19)16-5-1-2-10(16)12(15)17/h3-4,6,10H,1-2,5,7,14H2,(H2,15,17). The van der Waals surface area contributed by atoms with Crippen LogP contribution >= 0.6 is 11.6 Å². The second-order valence-electron chi connectivity index (χ2n) is 4.65. The fourth-order valence-electron chi connectivity index (χ4n) is 2.32. The number of primary amides is 1. The van der Waals surface area contributed by atoms with E-state index in [1.54, 1.807) is 6.07 Å². The molecule has 0 bridgehead atoms. The number of halogens is 1. The summed E-state index contributed by atoms with van der Waals surface area (Å²) < 4.78 is 26.3. The minimum Gasteiger partial charge on any atom is -0.368 e. The first-order chi connectivity index (χ1) is 9.37. The van der Waals surface area contributed by atoms with Gasteiger partial charge in [-0.1, -0.05) is 17.7 Å². The van der Waals surface area contributed by atoms with Crippen LogP contribution in [0.5, 0.6) is 0 Å². The van der Waals surface area contributed by atoms with Gasteiger partial charge in [-0.3, -0.25) is 4.79 Å². The Kier molecular flexibility index (Phi) is 4.33. The molecule has 1 aliphatic heterocycles. The predicted octanol–water partition coefficient (Wildman–Crippen LogP) is 0.437. The maximum Gasteiger partial charge on any atom is 0.245 e. The minimum atomic E-state index is -3.83. The lowest BCUT2D eigenvalue weighted by Crippen LogP contribution is -2.43. The lowest BCUT2D eigenvalue weighted by atomic mass is 10.2. The van der Waals surface area contributed by atoms with E-state index in [1.807, 2.05) is 0 Å². The minimum absolute atomic E-state index is 0.0236. The molecule has 4 N–H and O–H groups in total. The molecule has 8 heteroatoms. The van der Waals surface area contributed by atoms with Gasteiger partial charge < -0.3 is 11.5 Å². The summed E-state index contributed by atoms with van der Waals surface area (Å²) in [6.45, 7) is 0.540. The highest BCUT2D eigenvalue weighted by Crippen LogP contribution is 2.30. The molecule has 2 rings (SSSR count). The average Bonchev–Trinajstić information content (AvgIpc) is 2.88. The summed E-state index contributed by atoms with van der Waals surface area (Å²) in [6.07, 6.45) is 1.04. The highest BCUT2D eigenvalue weighted by molar-refractivity contribution is 7.89. The fourth-order valence-corrected chi connectivity index (χ4v) is 4.53. The van der Waals surface area contributed by atoms with E-state index in [0.717, 1.165) is 9.87 Å². The van der Waals surface area contributed by atoms with Crippen molar-refractivity contribution in [3.63, 3.8) is 0 Å². The number of amides is 1.